The fourth-order valence-corrected chi connectivity index (χ4v) is 5.97. The van der Waals surface area contributed by atoms with Gasteiger partial charge in [-0.2, -0.15) is 0 Å². The Balaban J connectivity index is 1.20. The molecule has 1 saturated heterocycles. The molecule has 3 aliphatic rings. The fraction of sp³-hybridized carbons (Fsp3) is 0.312. The summed E-state index contributed by atoms with van der Waals surface area (Å²) < 4.78 is 2.40. The molecule has 1 aliphatic heterocycles. The second-order valence-corrected chi connectivity index (χ2v) is 10.8. The van der Waals surface area contributed by atoms with E-state index in [1.54, 1.807) is 0 Å². The van der Waals surface area contributed by atoms with E-state index in [9.17, 15) is 4.79 Å². The first-order chi connectivity index (χ1) is 17.6. The predicted octanol–water partition coefficient (Wildman–Crippen LogP) is 6.51. The highest BCUT2D eigenvalue weighted by Gasteiger charge is 2.36. The number of amides is 1. The first kappa shape index (κ1) is 21.6. The summed E-state index contributed by atoms with van der Waals surface area (Å²) in [6.45, 7) is 4.79. The topological polar surface area (TPSA) is 38.1 Å². The van der Waals surface area contributed by atoms with Crippen molar-refractivity contribution >= 4 is 23.0 Å². The number of para-hydroxylation sites is 1. The van der Waals surface area contributed by atoms with Gasteiger partial charge in [-0.25, -0.2) is 4.98 Å². The molecule has 1 atom stereocenters. The molecule has 7 rings (SSSR count). The molecule has 2 heterocycles. The summed E-state index contributed by atoms with van der Waals surface area (Å²) in [5.41, 5.74) is 9.84. The second kappa shape index (κ2) is 8.48. The van der Waals surface area contributed by atoms with Gasteiger partial charge in [-0.15, -0.1) is 0 Å². The van der Waals surface area contributed by atoms with Gasteiger partial charge in [0.1, 0.15) is 5.82 Å². The summed E-state index contributed by atoms with van der Waals surface area (Å²) in [6.07, 6.45) is 8.68. The van der Waals surface area contributed by atoms with Crippen LogP contribution in [0.15, 0.2) is 66.7 Å². The Bertz CT molecular complexity index is 1510. The zero-order chi connectivity index (χ0) is 24.2. The van der Waals surface area contributed by atoms with Crippen LogP contribution in [0, 0.1) is 18.8 Å². The minimum atomic E-state index is 0.302. The van der Waals surface area contributed by atoms with Crippen molar-refractivity contribution in [2.75, 3.05) is 13.1 Å². The molecule has 1 unspecified atom stereocenters. The van der Waals surface area contributed by atoms with Crippen molar-refractivity contribution in [1.82, 2.24) is 14.5 Å². The van der Waals surface area contributed by atoms with E-state index in [2.05, 4.69) is 89.2 Å². The number of hydrogen-bond donors (Lipinski definition) is 0. The summed E-state index contributed by atoms with van der Waals surface area (Å²) in [4.78, 5) is 19.9. The van der Waals surface area contributed by atoms with E-state index < -0.39 is 0 Å². The van der Waals surface area contributed by atoms with E-state index in [0.29, 0.717) is 17.7 Å². The molecule has 4 heteroatoms. The minimum absolute atomic E-state index is 0.302. The van der Waals surface area contributed by atoms with Crippen LogP contribution in [0.3, 0.4) is 0 Å². The molecular formula is C32H31N3O. The van der Waals surface area contributed by atoms with Crippen LogP contribution in [0.1, 0.15) is 36.0 Å². The van der Waals surface area contributed by atoms with Crippen molar-refractivity contribution in [2.24, 2.45) is 11.8 Å². The van der Waals surface area contributed by atoms with Crippen molar-refractivity contribution in [3.8, 4) is 22.5 Å². The predicted molar refractivity (Wildman–Crippen MR) is 145 cm³/mol. The number of imidazole rings is 1. The number of aryl methyl sites for hydroxylation is 1. The third-order valence-electron chi connectivity index (χ3n) is 8.20. The summed E-state index contributed by atoms with van der Waals surface area (Å²) in [7, 11) is 0. The van der Waals surface area contributed by atoms with Crippen LogP contribution >= 0.6 is 0 Å². The average Bonchev–Trinajstić information content (AvgIpc) is 3.30. The highest BCUT2D eigenvalue weighted by molar-refractivity contribution is 5.84. The van der Waals surface area contributed by atoms with Crippen molar-refractivity contribution in [2.45, 2.75) is 39.2 Å². The molecule has 0 spiro atoms. The molecule has 180 valence electrons. The lowest BCUT2D eigenvalue weighted by molar-refractivity contribution is -0.131. The number of carbonyl (C=O) groups excluding carboxylic acids is 1. The number of benzene rings is 3. The van der Waals surface area contributed by atoms with Crippen molar-refractivity contribution in [3.05, 3.63) is 83.4 Å². The number of aromatic nitrogens is 2. The number of likely N-dealkylation sites (tertiary alicyclic amines) is 1. The van der Waals surface area contributed by atoms with Crippen molar-refractivity contribution in [3.63, 3.8) is 0 Å². The standard InChI is InChI=1S/C32H31N3O/c1-21-4-2-7-29-30(21)33-31(35(29)20-22-16-17-34(19-22)32(36)26-13-14-26)25-11-8-24(9-12-25)28-15-10-23-5-3-6-27(23)18-28/h2-5,7-12,15,18,22,26H,6,13-14,16-17,19-20H2,1H3. The van der Waals surface area contributed by atoms with E-state index in [0.717, 1.165) is 62.2 Å². The molecule has 36 heavy (non-hydrogen) atoms. The maximum absolute atomic E-state index is 12.6. The highest BCUT2D eigenvalue weighted by atomic mass is 16.2. The molecule has 0 N–H and O–H groups in total. The Morgan fingerprint density at radius 1 is 0.972 bits per heavy atom. The Labute approximate surface area is 212 Å². The second-order valence-electron chi connectivity index (χ2n) is 10.8. The van der Waals surface area contributed by atoms with Gasteiger partial charge in [0.15, 0.2) is 0 Å². The van der Waals surface area contributed by atoms with E-state index in [4.69, 9.17) is 4.98 Å². The molecule has 2 aliphatic carbocycles. The number of rotatable bonds is 5. The van der Waals surface area contributed by atoms with Crippen LogP contribution in [0.25, 0.3) is 39.6 Å². The summed E-state index contributed by atoms with van der Waals surface area (Å²) >= 11 is 0. The maximum atomic E-state index is 12.6. The van der Waals surface area contributed by atoms with E-state index >= 15 is 0 Å². The zero-order valence-electron chi connectivity index (χ0n) is 20.8. The van der Waals surface area contributed by atoms with Gasteiger partial charge in [0.2, 0.25) is 5.91 Å². The number of fused-ring (bicyclic) bond motifs is 2. The molecule has 4 aromatic rings. The van der Waals surface area contributed by atoms with Crippen LogP contribution in [-0.2, 0) is 17.8 Å². The largest absolute Gasteiger partial charge is 0.342 e. The molecule has 0 bridgehead atoms. The molecular weight excluding hydrogens is 442 g/mol. The van der Waals surface area contributed by atoms with Crippen LogP contribution < -0.4 is 0 Å². The van der Waals surface area contributed by atoms with Crippen LogP contribution in [0.4, 0.5) is 0 Å². The third kappa shape index (κ3) is 3.76. The van der Waals surface area contributed by atoms with Gasteiger partial charge in [0, 0.05) is 31.1 Å². The lowest BCUT2D eigenvalue weighted by atomic mass is 9.99. The van der Waals surface area contributed by atoms with Crippen LogP contribution in [0.5, 0.6) is 0 Å². The lowest BCUT2D eigenvalue weighted by Gasteiger charge is -2.18. The number of carbonyl (C=O) groups is 1. The molecule has 3 aromatic carbocycles. The molecule has 0 radical (unpaired) electrons. The zero-order valence-corrected chi connectivity index (χ0v) is 20.8. The molecule has 1 aromatic heterocycles. The third-order valence-corrected chi connectivity index (χ3v) is 8.20. The summed E-state index contributed by atoms with van der Waals surface area (Å²) in [5.74, 6) is 2.16. The van der Waals surface area contributed by atoms with E-state index in [-0.39, 0.29) is 0 Å². The fourth-order valence-electron chi connectivity index (χ4n) is 5.97. The highest BCUT2D eigenvalue weighted by Crippen LogP contribution is 2.35. The Morgan fingerprint density at radius 3 is 2.61 bits per heavy atom. The first-order valence-electron chi connectivity index (χ1n) is 13.3. The molecule has 4 nitrogen and oxygen atoms in total. The van der Waals surface area contributed by atoms with Gasteiger partial charge >= 0.3 is 0 Å². The maximum Gasteiger partial charge on any atom is 0.225 e. The summed E-state index contributed by atoms with van der Waals surface area (Å²) in [6, 6.07) is 22.1. The van der Waals surface area contributed by atoms with Gasteiger partial charge in [-0.3, -0.25) is 4.79 Å². The normalized spacial score (nSPS) is 18.8. The van der Waals surface area contributed by atoms with Crippen molar-refractivity contribution in [1.29, 1.82) is 0 Å². The van der Waals surface area contributed by atoms with Crippen LogP contribution in [0.2, 0.25) is 0 Å². The van der Waals surface area contributed by atoms with E-state index in [1.165, 1.54) is 33.3 Å². The number of allylic oxidation sites excluding steroid dienone is 1. The number of hydrogen-bond acceptors (Lipinski definition) is 2. The quantitative estimate of drug-likeness (QED) is 0.332. The Kier molecular flexibility index (Phi) is 5.09. The van der Waals surface area contributed by atoms with Gasteiger partial charge in [0.25, 0.3) is 0 Å². The van der Waals surface area contributed by atoms with Crippen molar-refractivity contribution < 1.29 is 4.79 Å². The Hall–Kier alpha value is -3.66. The lowest BCUT2D eigenvalue weighted by Crippen LogP contribution is -2.30. The number of nitrogens with zero attached hydrogens (tertiary/aromatic N) is 3. The van der Waals surface area contributed by atoms with Gasteiger partial charge in [0.05, 0.1) is 11.0 Å². The van der Waals surface area contributed by atoms with Gasteiger partial charge in [-0.05, 0) is 72.4 Å². The van der Waals surface area contributed by atoms with Crippen LogP contribution in [-0.4, -0.2) is 33.4 Å². The monoisotopic (exact) mass is 473 g/mol. The summed E-state index contributed by atoms with van der Waals surface area (Å²) in [5, 5.41) is 0. The molecule has 1 amide bonds. The van der Waals surface area contributed by atoms with Gasteiger partial charge < -0.3 is 9.47 Å². The smallest absolute Gasteiger partial charge is 0.225 e. The van der Waals surface area contributed by atoms with Gasteiger partial charge in [-0.1, -0.05) is 66.7 Å². The first-order valence-corrected chi connectivity index (χ1v) is 13.3. The molecule has 1 saturated carbocycles. The minimum Gasteiger partial charge on any atom is -0.342 e. The van der Waals surface area contributed by atoms with E-state index in [1.807, 2.05) is 0 Å². The Morgan fingerprint density at radius 2 is 1.78 bits per heavy atom. The SMILES string of the molecule is Cc1cccc2c1nc(-c1ccc(-c3ccc4c(c3)CC=C4)cc1)n2CC1CCN(C(=O)C2CC2)C1. The molecule has 2 fully saturated rings. The average molecular weight is 474 g/mol.